The van der Waals surface area contributed by atoms with Crippen molar-refractivity contribution >= 4 is 11.5 Å². The number of ketones is 1. The molecule has 76 valence electrons. The number of nitrogens with zero attached hydrogens (tertiary/aromatic N) is 2. The molecule has 0 amide bonds. The maximum atomic E-state index is 11.1. The average Bonchev–Trinajstić information content (AvgIpc) is 2.15. The summed E-state index contributed by atoms with van der Waals surface area (Å²) in [6.07, 6.45) is 0. The van der Waals surface area contributed by atoms with Gasteiger partial charge in [-0.3, -0.25) is 14.9 Å². The molecule has 1 rings (SSSR count). The Morgan fingerprint density at radius 3 is 2.53 bits per heavy atom. The highest BCUT2D eigenvalue weighted by Gasteiger charge is 2.21. The normalized spacial score (nSPS) is 9.40. The number of rotatable bonds is 2. The summed E-state index contributed by atoms with van der Waals surface area (Å²) in [7, 11) is 0. The second-order valence-corrected chi connectivity index (χ2v) is 3.06. The van der Waals surface area contributed by atoms with Crippen molar-refractivity contribution in [3.8, 4) is 6.07 Å². The zero-order valence-electron chi connectivity index (χ0n) is 8.27. The monoisotopic (exact) mass is 204 g/mol. The molecule has 0 radical (unpaired) electrons. The third kappa shape index (κ3) is 1.83. The van der Waals surface area contributed by atoms with Gasteiger partial charge in [0, 0.05) is 11.1 Å². The fourth-order valence-electron chi connectivity index (χ4n) is 1.41. The van der Waals surface area contributed by atoms with E-state index in [2.05, 4.69) is 0 Å². The molecule has 0 N–H and O–H groups in total. The third-order valence-electron chi connectivity index (χ3n) is 2.11. The molecule has 0 aromatic heterocycles. The van der Waals surface area contributed by atoms with Gasteiger partial charge in [0.15, 0.2) is 5.78 Å². The Hall–Kier alpha value is -2.22. The Labute approximate surface area is 86.1 Å². The van der Waals surface area contributed by atoms with E-state index in [0.717, 1.165) is 0 Å². The van der Waals surface area contributed by atoms with E-state index in [4.69, 9.17) is 5.26 Å². The Kier molecular flexibility index (Phi) is 2.81. The molecule has 15 heavy (non-hydrogen) atoms. The number of hydrogen-bond acceptors (Lipinski definition) is 4. The topological polar surface area (TPSA) is 84.0 Å². The van der Waals surface area contributed by atoms with Crippen molar-refractivity contribution in [1.29, 1.82) is 5.26 Å². The van der Waals surface area contributed by atoms with Gasteiger partial charge in [-0.15, -0.1) is 0 Å². The summed E-state index contributed by atoms with van der Waals surface area (Å²) < 4.78 is 0. The number of nitro benzene ring substituents is 1. The number of carbonyl (C=O) groups is 1. The third-order valence-corrected chi connectivity index (χ3v) is 2.11. The van der Waals surface area contributed by atoms with Gasteiger partial charge in [-0.2, -0.15) is 5.26 Å². The van der Waals surface area contributed by atoms with Crippen LogP contribution in [0.4, 0.5) is 5.69 Å². The minimum Gasteiger partial charge on any atom is -0.294 e. The molecular weight excluding hydrogens is 196 g/mol. The van der Waals surface area contributed by atoms with Crippen molar-refractivity contribution in [2.24, 2.45) is 0 Å². The summed E-state index contributed by atoms with van der Waals surface area (Å²) in [6, 6.07) is 4.46. The van der Waals surface area contributed by atoms with Gasteiger partial charge >= 0.3 is 0 Å². The average molecular weight is 204 g/mol. The number of nitriles is 1. The Bertz CT molecular complexity index is 486. The van der Waals surface area contributed by atoms with Gasteiger partial charge in [0.25, 0.3) is 5.69 Å². The van der Waals surface area contributed by atoms with Crippen LogP contribution in [0, 0.1) is 28.4 Å². The SMILES string of the molecule is CC(=O)c1ccc(C#N)c([N+](=O)[O-])c1C. The standard InChI is InChI=1S/C10H8N2O3/c1-6-9(7(2)13)4-3-8(5-11)10(6)12(14)15/h3-4H,1-2H3. The maximum absolute atomic E-state index is 11.1. The lowest BCUT2D eigenvalue weighted by Crippen LogP contribution is -2.02. The highest BCUT2D eigenvalue weighted by atomic mass is 16.6. The van der Waals surface area contributed by atoms with Gasteiger partial charge in [-0.05, 0) is 26.0 Å². The van der Waals surface area contributed by atoms with Gasteiger partial charge in [0.05, 0.1) is 4.92 Å². The van der Waals surface area contributed by atoms with E-state index in [0.29, 0.717) is 0 Å². The molecule has 0 saturated heterocycles. The predicted octanol–water partition coefficient (Wildman–Crippen LogP) is 1.98. The molecule has 0 aliphatic carbocycles. The van der Waals surface area contributed by atoms with E-state index in [1.54, 1.807) is 6.07 Å². The number of benzene rings is 1. The van der Waals surface area contributed by atoms with Gasteiger partial charge in [0.2, 0.25) is 0 Å². The highest BCUT2D eigenvalue weighted by Crippen LogP contribution is 2.26. The molecule has 0 unspecified atom stereocenters. The van der Waals surface area contributed by atoms with Crippen LogP contribution in [-0.4, -0.2) is 10.7 Å². The van der Waals surface area contributed by atoms with Crippen LogP contribution in [0.1, 0.15) is 28.4 Å². The zero-order valence-corrected chi connectivity index (χ0v) is 8.27. The first kappa shape index (κ1) is 10.9. The molecule has 0 fully saturated rings. The summed E-state index contributed by atoms with van der Waals surface area (Å²) in [5, 5.41) is 19.4. The molecule has 0 aliphatic rings. The van der Waals surface area contributed by atoms with Crippen molar-refractivity contribution in [2.45, 2.75) is 13.8 Å². The molecule has 0 atom stereocenters. The van der Waals surface area contributed by atoms with E-state index >= 15 is 0 Å². The summed E-state index contributed by atoms with van der Waals surface area (Å²) in [5.41, 5.74) is 0.208. The Balaban J connectivity index is 3.58. The van der Waals surface area contributed by atoms with E-state index in [1.165, 1.54) is 26.0 Å². The van der Waals surface area contributed by atoms with E-state index in [1.807, 2.05) is 0 Å². The smallest absolute Gasteiger partial charge is 0.290 e. The van der Waals surface area contributed by atoms with E-state index in [9.17, 15) is 14.9 Å². The molecule has 0 saturated carbocycles. The quantitative estimate of drug-likeness (QED) is 0.418. The van der Waals surface area contributed by atoms with Crippen LogP contribution < -0.4 is 0 Å². The lowest BCUT2D eigenvalue weighted by atomic mass is 10.0. The molecule has 1 aromatic carbocycles. The number of hydrogen-bond donors (Lipinski definition) is 0. The molecule has 1 aromatic rings. The van der Waals surface area contributed by atoms with Crippen molar-refractivity contribution in [1.82, 2.24) is 0 Å². The fourth-order valence-corrected chi connectivity index (χ4v) is 1.41. The van der Waals surface area contributed by atoms with Crippen molar-refractivity contribution < 1.29 is 9.72 Å². The summed E-state index contributed by atoms with van der Waals surface area (Å²) in [5.74, 6) is -0.250. The fraction of sp³-hybridized carbons (Fsp3) is 0.200. The Morgan fingerprint density at radius 2 is 2.13 bits per heavy atom. The molecular formula is C10H8N2O3. The molecule has 5 heteroatoms. The second-order valence-electron chi connectivity index (χ2n) is 3.06. The van der Waals surface area contributed by atoms with Crippen LogP contribution in [0.5, 0.6) is 0 Å². The molecule has 0 spiro atoms. The summed E-state index contributed by atoms with van der Waals surface area (Å²) >= 11 is 0. The zero-order chi connectivity index (χ0) is 11.6. The largest absolute Gasteiger partial charge is 0.294 e. The number of nitro groups is 1. The van der Waals surface area contributed by atoms with Gasteiger partial charge in [0.1, 0.15) is 11.6 Å². The molecule has 0 heterocycles. The second kappa shape index (κ2) is 3.88. The first-order valence-electron chi connectivity index (χ1n) is 4.18. The van der Waals surface area contributed by atoms with E-state index < -0.39 is 4.92 Å². The van der Waals surface area contributed by atoms with Crippen molar-refractivity contribution in [3.05, 3.63) is 38.9 Å². The summed E-state index contributed by atoms with van der Waals surface area (Å²) in [4.78, 5) is 21.2. The predicted molar refractivity (Wildman–Crippen MR) is 52.6 cm³/mol. The number of Topliss-reactive ketones (excluding diaryl/α,β-unsaturated/α-hetero) is 1. The summed E-state index contributed by atoms with van der Waals surface area (Å²) in [6.45, 7) is 2.80. The molecule has 5 nitrogen and oxygen atoms in total. The first-order valence-corrected chi connectivity index (χ1v) is 4.18. The van der Waals surface area contributed by atoms with Gasteiger partial charge in [-0.1, -0.05) is 0 Å². The number of carbonyl (C=O) groups excluding carboxylic acids is 1. The van der Waals surface area contributed by atoms with Crippen LogP contribution in [0.15, 0.2) is 12.1 Å². The van der Waals surface area contributed by atoms with Gasteiger partial charge < -0.3 is 0 Å². The lowest BCUT2D eigenvalue weighted by molar-refractivity contribution is -0.385. The first-order chi connectivity index (χ1) is 6.99. The van der Waals surface area contributed by atoms with Crippen LogP contribution >= 0.6 is 0 Å². The van der Waals surface area contributed by atoms with Crippen LogP contribution in [0.2, 0.25) is 0 Å². The van der Waals surface area contributed by atoms with Crippen molar-refractivity contribution in [2.75, 3.05) is 0 Å². The van der Waals surface area contributed by atoms with Crippen LogP contribution in [-0.2, 0) is 0 Å². The van der Waals surface area contributed by atoms with Crippen molar-refractivity contribution in [3.63, 3.8) is 0 Å². The Morgan fingerprint density at radius 1 is 1.53 bits per heavy atom. The highest BCUT2D eigenvalue weighted by molar-refractivity contribution is 5.96. The maximum Gasteiger partial charge on any atom is 0.290 e. The molecule has 0 bridgehead atoms. The minimum absolute atomic E-state index is 0.0255. The van der Waals surface area contributed by atoms with E-state index in [-0.39, 0.29) is 28.2 Å². The lowest BCUT2D eigenvalue weighted by Gasteiger charge is -2.03. The minimum atomic E-state index is -0.639. The van der Waals surface area contributed by atoms with Crippen LogP contribution in [0.3, 0.4) is 0 Å². The molecule has 0 aliphatic heterocycles. The van der Waals surface area contributed by atoms with Crippen LogP contribution in [0.25, 0.3) is 0 Å². The van der Waals surface area contributed by atoms with Gasteiger partial charge in [-0.25, -0.2) is 0 Å².